The van der Waals surface area contributed by atoms with E-state index in [1.165, 1.54) is 6.20 Å². The lowest BCUT2D eigenvalue weighted by Crippen LogP contribution is -2.30. The van der Waals surface area contributed by atoms with E-state index in [9.17, 15) is 13.5 Å². The number of aliphatic hydroxyl groups is 1. The molecule has 10 heteroatoms. The van der Waals surface area contributed by atoms with Crippen LogP contribution in [0.25, 0.3) is 11.0 Å². The highest BCUT2D eigenvalue weighted by molar-refractivity contribution is 14.1. The van der Waals surface area contributed by atoms with Crippen LogP contribution in [0.1, 0.15) is 12.0 Å². The van der Waals surface area contributed by atoms with E-state index in [4.69, 9.17) is 11.6 Å². The van der Waals surface area contributed by atoms with Crippen molar-refractivity contribution in [2.75, 3.05) is 11.4 Å². The predicted octanol–water partition coefficient (Wildman–Crippen LogP) is 2.96. The highest BCUT2D eigenvalue weighted by Crippen LogP contribution is 2.35. The average molecular weight is 519 g/mol. The number of benzene rings is 1. The topological polar surface area (TPSA) is 88.3 Å². The van der Waals surface area contributed by atoms with Gasteiger partial charge >= 0.3 is 0 Å². The van der Waals surface area contributed by atoms with Gasteiger partial charge in [-0.15, -0.1) is 0 Å². The number of aromatic nitrogens is 3. The van der Waals surface area contributed by atoms with Gasteiger partial charge in [-0.05, 0) is 43.1 Å². The number of hydrogen-bond donors (Lipinski definition) is 1. The molecule has 3 heterocycles. The van der Waals surface area contributed by atoms with Gasteiger partial charge < -0.3 is 10.0 Å². The number of fused-ring (bicyclic) bond motifs is 1. The quantitative estimate of drug-likeness (QED) is 0.248. The Morgan fingerprint density at radius 2 is 1.93 bits per heavy atom. The summed E-state index contributed by atoms with van der Waals surface area (Å²) in [5.41, 5.74) is 1.19. The summed E-state index contributed by atoms with van der Waals surface area (Å²) in [6.45, 7) is 2.50. The van der Waals surface area contributed by atoms with E-state index < -0.39 is 16.1 Å². The zero-order chi connectivity index (χ0) is 19.3. The normalized spacial score (nSPS) is 20.5. The fourth-order valence-electron chi connectivity index (χ4n) is 3.15. The van der Waals surface area contributed by atoms with Crippen LogP contribution in [-0.4, -0.2) is 44.2 Å². The lowest BCUT2D eigenvalue weighted by molar-refractivity contribution is 0.193. The third-order valence-corrected chi connectivity index (χ3v) is 7.95. The van der Waals surface area contributed by atoms with E-state index in [1.54, 1.807) is 30.3 Å². The molecule has 3 aromatic rings. The maximum Gasteiger partial charge on any atom is 0.269 e. The third kappa shape index (κ3) is 3.20. The molecule has 2 aromatic heterocycles. The minimum atomic E-state index is -3.82. The number of rotatable bonds is 3. The lowest BCUT2D eigenvalue weighted by atomic mass is 10.2. The first kappa shape index (κ1) is 18.9. The van der Waals surface area contributed by atoms with Gasteiger partial charge in [-0.25, -0.2) is 12.4 Å². The molecular formula is C17H16ClIN4O3S. The van der Waals surface area contributed by atoms with Gasteiger partial charge in [0.2, 0.25) is 5.28 Å². The smallest absolute Gasteiger partial charge is 0.269 e. The minimum Gasteiger partial charge on any atom is -0.390 e. The van der Waals surface area contributed by atoms with Crippen molar-refractivity contribution in [2.45, 2.75) is 28.4 Å². The standard InChI is InChI=1S/C17H16ClIN4O3S/c1-10-2-4-11(5-3-10)27(25,26)23-9-6-12-15(20-17(18)21-16(12)23)22-8-7-13(24)14(22)19/h2-6,9,13-14,24H,7-8H2,1H3. The number of alkyl halides is 1. The van der Waals surface area contributed by atoms with Gasteiger partial charge in [0.1, 0.15) is 9.87 Å². The Morgan fingerprint density at radius 3 is 2.56 bits per heavy atom. The summed E-state index contributed by atoms with van der Waals surface area (Å²) in [6, 6.07) is 8.30. The fraction of sp³-hybridized carbons (Fsp3) is 0.294. The number of nitrogens with zero attached hydrogens (tertiary/aromatic N) is 4. The molecule has 4 rings (SSSR count). The molecule has 1 aliphatic heterocycles. The van der Waals surface area contributed by atoms with Crippen LogP contribution >= 0.6 is 34.2 Å². The molecule has 0 saturated carbocycles. The van der Waals surface area contributed by atoms with Crippen LogP contribution in [0.3, 0.4) is 0 Å². The number of anilines is 1. The van der Waals surface area contributed by atoms with Gasteiger partial charge in [-0.1, -0.05) is 40.3 Å². The van der Waals surface area contributed by atoms with Crippen molar-refractivity contribution < 1.29 is 13.5 Å². The highest BCUT2D eigenvalue weighted by Gasteiger charge is 2.33. The fourth-order valence-corrected chi connectivity index (χ4v) is 5.51. The molecule has 0 amide bonds. The SMILES string of the molecule is Cc1ccc(S(=O)(=O)n2ccc3c(N4CCC(O)C4I)nc(Cl)nc32)cc1. The first-order valence-corrected chi connectivity index (χ1v) is 11.3. The molecule has 0 aliphatic carbocycles. The zero-order valence-corrected chi connectivity index (χ0v) is 18.0. The summed E-state index contributed by atoms with van der Waals surface area (Å²) in [4.78, 5) is 10.6. The van der Waals surface area contributed by atoms with Crippen LogP contribution in [-0.2, 0) is 10.0 Å². The van der Waals surface area contributed by atoms with Gasteiger partial charge in [0, 0.05) is 12.7 Å². The van der Waals surface area contributed by atoms with Gasteiger partial charge in [0.15, 0.2) is 5.65 Å². The molecule has 7 nitrogen and oxygen atoms in total. The van der Waals surface area contributed by atoms with Crippen LogP contribution in [0.2, 0.25) is 5.28 Å². The van der Waals surface area contributed by atoms with Crippen LogP contribution in [0.4, 0.5) is 5.82 Å². The van der Waals surface area contributed by atoms with Gasteiger partial charge in [-0.2, -0.15) is 9.97 Å². The van der Waals surface area contributed by atoms with E-state index in [1.807, 2.05) is 11.8 Å². The van der Waals surface area contributed by atoms with Crippen LogP contribution < -0.4 is 4.90 Å². The second kappa shape index (κ2) is 6.87. The Bertz CT molecular complexity index is 1120. The highest BCUT2D eigenvalue weighted by atomic mass is 127. The first-order chi connectivity index (χ1) is 12.8. The molecule has 1 N–H and O–H groups in total. The molecule has 1 aromatic carbocycles. The van der Waals surface area contributed by atoms with Crippen molar-refractivity contribution in [3.8, 4) is 0 Å². The van der Waals surface area contributed by atoms with Crippen molar-refractivity contribution in [3.63, 3.8) is 0 Å². The summed E-state index contributed by atoms with van der Waals surface area (Å²) < 4.78 is 27.1. The predicted molar refractivity (Wildman–Crippen MR) is 112 cm³/mol. The summed E-state index contributed by atoms with van der Waals surface area (Å²) in [7, 11) is -3.82. The zero-order valence-electron chi connectivity index (χ0n) is 14.2. The van der Waals surface area contributed by atoms with Crippen molar-refractivity contribution in [1.29, 1.82) is 0 Å². The third-order valence-electron chi connectivity index (χ3n) is 4.59. The lowest BCUT2D eigenvalue weighted by Gasteiger charge is -2.23. The molecule has 0 bridgehead atoms. The second-order valence-electron chi connectivity index (χ2n) is 6.41. The summed E-state index contributed by atoms with van der Waals surface area (Å²) in [5.74, 6) is 0.527. The molecule has 2 atom stereocenters. The van der Waals surface area contributed by atoms with E-state index in [2.05, 4.69) is 32.6 Å². The molecule has 0 spiro atoms. The average Bonchev–Trinajstić information content (AvgIpc) is 3.19. The molecule has 1 saturated heterocycles. The molecule has 142 valence electrons. The Hall–Kier alpha value is -1.43. The minimum absolute atomic E-state index is 0.0402. The van der Waals surface area contributed by atoms with Crippen molar-refractivity contribution in [3.05, 3.63) is 47.4 Å². The number of aliphatic hydroxyl groups excluding tert-OH is 1. The Morgan fingerprint density at radius 1 is 1.22 bits per heavy atom. The number of hydrogen-bond acceptors (Lipinski definition) is 6. The van der Waals surface area contributed by atoms with Crippen molar-refractivity contribution >= 4 is 61.1 Å². The molecule has 0 radical (unpaired) electrons. The van der Waals surface area contributed by atoms with Crippen LogP contribution in [0.5, 0.6) is 0 Å². The monoisotopic (exact) mass is 518 g/mol. The summed E-state index contributed by atoms with van der Waals surface area (Å²) in [6.07, 6.45) is 1.59. The number of aryl methyl sites for hydroxylation is 1. The molecule has 1 fully saturated rings. The van der Waals surface area contributed by atoms with Gasteiger partial charge in [-0.3, -0.25) is 0 Å². The molecule has 2 unspecified atom stereocenters. The summed E-state index contributed by atoms with van der Waals surface area (Å²) >= 11 is 8.26. The Balaban J connectivity index is 1.88. The molecular weight excluding hydrogens is 503 g/mol. The molecule has 1 aliphatic rings. The maximum atomic E-state index is 13.1. The molecule has 27 heavy (non-hydrogen) atoms. The Kier molecular flexibility index (Phi) is 4.81. The second-order valence-corrected chi connectivity index (χ2v) is 9.83. The van der Waals surface area contributed by atoms with Crippen LogP contribution in [0.15, 0.2) is 41.4 Å². The van der Waals surface area contributed by atoms with E-state index >= 15 is 0 Å². The Labute approximate surface area is 175 Å². The van der Waals surface area contributed by atoms with Gasteiger partial charge in [0.05, 0.1) is 16.4 Å². The number of halogens is 2. The van der Waals surface area contributed by atoms with E-state index in [-0.39, 0.29) is 19.9 Å². The van der Waals surface area contributed by atoms with E-state index in [0.717, 1.165) is 9.54 Å². The maximum absolute atomic E-state index is 13.1. The first-order valence-electron chi connectivity index (χ1n) is 8.24. The summed E-state index contributed by atoms with van der Waals surface area (Å²) in [5, 5.41) is 10.6. The van der Waals surface area contributed by atoms with E-state index in [0.29, 0.717) is 24.2 Å². The van der Waals surface area contributed by atoms with Gasteiger partial charge in [0.25, 0.3) is 10.0 Å². The van der Waals surface area contributed by atoms with Crippen molar-refractivity contribution in [1.82, 2.24) is 13.9 Å². The van der Waals surface area contributed by atoms with Crippen molar-refractivity contribution in [2.24, 2.45) is 0 Å². The van der Waals surface area contributed by atoms with Crippen LogP contribution in [0, 0.1) is 6.92 Å². The largest absolute Gasteiger partial charge is 0.390 e.